The highest BCUT2D eigenvalue weighted by Gasteiger charge is 2.06. The number of hydrogen-bond acceptors (Lipinski definition) is 3. The van der Waals surface area contributed by atoms with E-state index in [1.165, 1.54) is 0 Å². The molecule has 1 rings (SSSR count). The van der Waals surface area contributed by atoms with Gasteiger partial charge in [-0.3, -0.25) is 0 Å². The third-order valence-electron chi connectivity index (χ3n) is 2.53. The molecule has 0 aromatic heterocycles. The van der Waals surface area contributed by atoms with E-state index in [9.17, 15) is 0 Å². The molecule has 0 fully saturated rings. The van der Waals surface area contributed by atoms with Crippen LogP contribution in [0.3, 0.4) is 0 Å². The smallest absolute Gasteiger partial charge is 0.0992 e. The molecule has 1 aromatic carbocycles. The molecular formula is C14H23N3. The zero-order valence-corrected chi connectivity index (χ0v) is 11.2. The number of nitrogen functional groups attached to an aromatic ring is 1. The van der Waals surface area contributed by atoms with Crippen molar-refractivity contribution < 1.29 is 0 Å². The van der Waals surface area contributed by atoms with Gasteiger partial charge in [-0.1, -0.05) is 27.7 Å². The summed E-state index contributed by atoms with van der Waals surface area (Å²) in [4.78, 5) is 0. The van der Waals surface area contributed by atoms with Crippen molar-refractivity contribution in [2.45, 2.75) is 46.6 Å². The number of nitriles is 1. The van der Waals surface area contributed by atoms with Crippen LogP contribution in [0.15, 0.2) is 18.2 Å². The van der Waals surface area contributed by atoms with E-state index in [-0.39, 0.29) is 0 Å². The average Bonchev–Trinajstić information content (AvgIpc) is 2.40. The van der Waals surface area contributed by atoms with Crippen LogP contribution >= 0.6 is 0 Å². The number of hydrogen-bond donors (Lipinski definition) is 2. The maximum absolute atomic E-state index is 8.78. The van der Waals surface area contributed by atoms with Gasteiger partial charge in [0.2, 0.25) is 0 Å². The van der Waals surface area contributed by atoms with Gasteiger partial charge in [0.05, 0.1) is 23.0 Å². The highest BCUT2D eigenvalue weighted by Crippen LogP contribution is 2.21. The first-order chi connectivity index (χ1) is 8.21. The predicted octanol–water partition coefficient (Wildman–Crippen LogP) is 3.77. The summed E-state index contributed by atoms with van der Waals surface area (Å²) >= 11 is 0. The van der Waals surface area contributed by atoms with Gasteiger partial charge in [-0.05, 0) is 31.0 Å². The maximum atomic E-state index is 8.78. The molecule has 0 aliphatic heterocycles. The number of nitrogens with two attached hydrogens (primary N) is 1. The highest BCUT2D eigenvalue weighted by atomic mass is 14.9. The Morgan fingerprint density at radius 1 is 1.29 bits per heavy atom. The zero-order valence-electron chi connectivity index (χ0n) is 11.2. The van der Waals surface area contributed by atoms with Crippen LogP contribution in [-0.2, 0) is 0 Å². The topological polar surface area (TPSA) is 61.8 Å². The Morgan fingerprint density at radius 3 is 2.35 bits per heavy atom. The SMILES string of the molecule is CC.CCC(CC)Nc1cc(C#N)ccc1N. The first-order valence-corrected chi connectivity index (χ1v) is 6.27. The molecule has 3 heteroatoms. The number of benzene rings is 1. The molecule has 0 unspecified atom stereocenters. The first-order valence-electron chi connectivity index (χ1n) is 6.27. The lowest BCUT2D eigenvalue weighted by atomic mass is 10.1. The van der Waals surface area contributed by atoms with E-state index >= 15 is 0 Å². The van der Waals surface area contributed by atoms with Gasteiger partial charge in [0, 0.05) is 6.04 Å². The van der Waals surface area contributed by atoms with Crippen LogP contribution in [0.4, 0.5) is 11.4 Å². The molecule has 1 aromatic rings. The quantitative estimate of drug-likeness (QED) is 0.778. The van der Waals surface area contributed by atoms with Crippen molar-refractivity contribution >= 4 is 11.4 Å². The molecule has 3 nitrogen and oxygen atoms in total. The molecule has 17 heavy (non-hydrogen) atoms. The van der Waals surface area contributed by atoms with Crippen LogP contribution in [-0.4, -0.2) is 6.04 Å². The normalized spacial score (nSPS) is 9.18. The van der Waals surface area contributed by atoms with E-state index < -0.39 is 0 Å². The summed E-state index contributed by atoms with van der Waals surface area (Å²) in [5.74, 6) is 0. The van der Waals surface area contributed by atoms with Crippen molar-refractivity contribution in [3.05, 3.63) is 23.8 Å². The number of nitrogens with zero attached hydrogens (tertiary/aromatic N) is 1. The summed E-state index contributed by atoms with van der Waals surface area (Å²) in [5.41, 5.74) is 8.03. The van der Waals surface area contributed by atoms with Crippen molar-refractivity contribution in [3.8, 4) is 6.07 Å². The summed E-state index contributed by atoms with van der Waals surface area (Å²) in [6.07, 6.45) is 2.10. The van der Waals surface area contributed by atoms with Crippen LogP contribution in [0.5, 0.6) is 0 Å². The van der Waals surface area contributed by atoms with E-state index in [4.69, 9.17) is 11.0 Å². The Labute approximate surface area is 105 Å². The molecule has 0 amide bonds. The fourth-order valence-electron chi connectivity index (χ4n) is 1.46. The van der Waals surface area contributed by atoms with Crippen LogP contribution in [0.2, 0.25) is 0 Å². The molecule has 3 N–H and O–H groups in total. The molecular weight excluding hydrogens is 210 g/mol. The Morgan fingerprint density at radius 2 is 1.88 bits per heavy atom. The van der Waals surface area contributed by atoms with Gasteiger partial charge in [-0.25, -0.2) is 0 Å². The van der Waals surface area contributed by atoms with E-state index in [1.807, 2.05) is 13.8 Å². The minimum atomic E-state index is 0.418. The van der Waals surface area contributed by atoms with E-state index in [0.717, 1.165) is 18.5 Å². The summed E-state index contributed by atoms with van der Waals surface area (Å²) in [5, 5.41) is 12.1. The van der Waals surface area contributed by atoms with Crippen LogP contribution in [0.25, 0.3) is 0 Å². The molecule has 0 spiro atoms. The molecule has 0 aliphatic carbocycles. The van der Waals surface area contributed by atoms with Gasteiger partial charge in [0.1, 0.15) is 0 Å². The lowest BCUT2D eigenvalue weighted by Gasteiger charge is -2.17. The Bertz CT molecular complexity index is 362. The van der Waals surface area contributed by atoms with E-state index in [1.54, 1.807) is 18.2 Å². The second-order valence-corrected chi connectivity index (χ2v) is 3.57. The largest absolute Gasteiger partial charge is 0.397 e. The fraction of sp³-hybridized carbons (Fsp3) is 0.500. The number of nitrogens with one attached hydrogen (secondary N) is 1. The number of anilines is 2. The molecule has 0 aliphatic rings. The Kier molecular flexibility index (Phi) is 7.62. The second kappa shape index (κ2) is 8.46. The van der Waals surface area contributed by atoms with E-state index in [0.29, 0.717) is 17.3 Å². The molecule has 0 saturated carbocycles. The van der Waals surface area contributed by atoms with Crippen molar-refractivity contribution in [3.63, 3.8) is 0 Å². The predicted molar refractivity (Wildman–Crippen MR) is 74.9 cm³/mol. The van der Waals surface area contributed by atoms with Gasteiger partial charge >= 0.3 is 0 Å². The highest BCUT2D eigenvalue weighted by molar-refractivity contribution is 5.68. The van der Waals surface area contributed by atoms with Gasteiger partial charge in [0.25, 0.3) is 0 Å². The van der Waals surface area contributed by atoms with E-state index in [2.05, 4.69) is 25.2 Å². The van der Waals surface area contributed by atoms with Crippen LogP contribution < -0.4 is 11.1 Å². The van der Waals surface area contributed by atoms with Gasteiger partial charge in [0.15, 0.2) is 0 Å². The minimum absolute atomic E-state index is 0.418. The summed E-state index contributed by atoms with van der Waals surface area (Å²) < 4.78 is 0. The Balaban J connectivity index is 0.00000121. The van der Waals surface area contributed by atoms with Crippen molar-refractivity contribution in [2.75, 3.05) is 11.1 Å². The fourth-order valence-corrected chi connectivity index (χ4v) is 1.46. The molecule has 0 bridgehead atoms. The zero-order chi connectivity index (χ0) is 13.3. The summed E-state index contributed by atoms with van der Waals surface area (Å²) in [6, 6.07) is 7.82. The summed E-state index contributed by atoms with van der Waals surface area (Å²) in [7, 11) is 0. The van der Waals surface area contributed by atoms with Crippen LogP contribution in [0.1, 0.15) is 46.1 Å². The minimum Gasteiger partial charge on any atom is -0.397 e. The Hall–Kier alpha value is -1.69. The van der Waals surface area contributed by atoms with Gasteiger partial charge in [-0.15, -0.1) is 0 Å². The maximum Gasteiger partial charge on any atom is 0.0992 e. The van der Waals surface area contributed by atoms with Crippen molar-refractivity contribution in [1.29, 1.82) is 5.26 Å². The molecule has 0 radical (unpaired) electrons. The molecule has 94 valence electrons. The van der Waals surface area contributed by atoms with Crippen molar-refractivity contribution in [2.24, 2.45) is 0 Å². The third kappa shape index (κ3) is 4.78. The molecule has 0 atom stereocenters. The second-order valence-electron chi connectivity index (χ2n) is 3.57. The number of rotatable bonds is 4. The first kappa shape index (κ1) is 15.3. The average molecular weight is 233 g/mol. The van der Waals surface area contributed by atoms with Gasteiger partial charge in [-0.2, -0.15) is 5.26 Å². The van der Waals surface area contributed by atoms with Crippen molar-refractivity contribution in [1.82, 2.24) is 0 Å². The van der Waals surface area contributed by atoms with Crippen LogP contribution in [0, 0.1) is 11.3 Å². The third-order valence-corrected chi connectivity index (χ3v) is 2.53. The standard InChI is InChI=1S/C12H17N3.C2H6/c1-3-10(4-2)15-12-7-9(8-13)5-6-11(12)14;1-2/h5-7,10,15H,3-4,14H2,1-2H3;1-2H3. The summed E-state index contributed by atoms with van der Waals surface area (Å²) in [6.45, 7) is 8.26. The monoisotopic (exact) mass is 233 g/mol. The molecule has 0 saturated heterocycles. The lowest BCUT2D eigenvalue weighted by molar-refractivity contribution is 0.672. The lowest BCUT2D eigenvalue weighted by Crippen LogP contribution is -2.17. The van der Waals surface area contributed by atoms with Gasteiger partial charge < -0.3 is 11.1 Å². The molecule has 0 heterocycles.